The van der Waals surface area contributed by atoms with E-state index in [0.717, 1.165) is 24.3 Å². The molecule has 0 atom stereocenters. The maximum Gasteiger partial charge on any atom is 0.454 e. The number of aromatic nitrogens is 1. The zero-order valence-electron chi connectivity index (χ0n) is 11.1. The lowest BCUT2D eigenvalue weighted by atomic mass is 10.1. The van der Waals surface area contributed by atoms with Crippen molar-refractivity contribution in [1.82, 2.24) is 4.57 Å². The van der Waals surface area contributed by atoms with E-state index in [9.17, 15) is 35.9 Å². The predicted molar refractivity (Wildman–Crippen MR) is 67.4 cm³/mol. The fourth-order valence-electron chi connectivity index (χ4n) is 1.79. The molecule has 0 saturated heterocycles. The van der Waals surface area contributed by atoms with Crippen molar-refractivity contribution in [2.24, 2.45) is 0 Å². The molecule has 0 aliphatic carbocycles. The lowest BCUT2D eigenvalue weighted by Gasteiger charge is -2.11. The summed E-state index contributed by atoms with van der Waals surface area (Å²) in [6, 6.07) is 4.79. The topological polar surface area (TPSA) is 39.1 Å². The Bertz CT molecular complexity index is 787. The Kier molecular flexibility index (Phi) is 4.06. The van der Waals surface area contributed by atoms with Crippen LogP contribution in [0.5, 0.6) is 0 Å². The number of hydrogen-bond donors (Lipinski definition) is 0. The van der Waals surface area contributed by atoms with Crippen LogP contribution in [0.4, 0.5) is 26.3 Å². The fraction of sp³-hybridized carbons (Fsp3) is 0.143. The summed E-state index contributed by atoms with van der Waals surface area (Å²) >= 11 is 0. The largest absolute Gasteiger partial charge is 0.454 e. The molecule has 1 aromatic carbocycles. The first-order valence-electron chi connectivity index (χ1n) is 6.02. The molecule has 2 aromatic rings. The van der Waals surface area contributed by atoms with Crippen molar-refractivity contribution in [3.8, 4) is 5.69 Å². The summed E-state index contributed by atoms with van der Waals surface area (Å²) in [5.74, 6) is -2.08. The van der Waals surface area contributed by atoms with Gasteiger partial charge in [-0.1, -0.05) is 0 Å². The zero-order valence-corrected chi connectivity index (χ0v) is 11.1. The number of ketones is 1. The molecule has 1 heterocycles. The molecule has 0 saturated carbocycles. The Labute approximate surface area is 124 Å². The van der Waals surface area contributed by atoms with Gasteiger partial charge in [-0.05, 0) is 30.3 Å². The van der Waals surface area contributed by atoms with Gasteiger partial charge in [-0.25, -0.2) is 0 Å². The molecule has 0 spiro atoms. The number of nitrogens with zero attached hydrogens (tertiary/aromatic N) is 1. The Balaban J connectivity index is 2.44. The molecule has 0 unspecified atom stereocenters. The van der Waals surface area contributed by atoms with Crippen LogP contribution in [-0.2, 0) is 6.18 Å². The molecule has 0 fully saturated rings. The third kappa shape index (κ3) is 3.61. The predicted octanol–water partition coefficient (Wildman–Crippen LogP) is 3.60. The number of Topliss-reactive ketones (excluding diaryl/α,β-unsaturated/α-hetero) is 1. The van der Waals surface area contributed by atoms with Gasteiger partial charge < -0.3 is 0 Å². The van der Waals surface area contributed by atoms with Crippen LogP contribution in [0.2, 0.25) is 0 Å². The second kappa shape index (κ2) is 5.56. The molecule has 23 heavy (non-hydrogen) atoms. The molecule has 0 aliphatic rings. The smallest absolute Gasteiger partial charge is 0.284 e. The molecule has 0 N–H and O–H groups in total. The average molecular weight is 335 g/mol. The SMILES string of the molecule is O=C(c1ccc(-n2cc(C(F)(F)F)ccc2=O)cc1)C(F)(F)F. The van der Waals surface area contributed by atoms with Crippen molar-refractivity contribution in [2.75, 3.05) is 0 Å². The van der Waals surface area contributed by atoms with Gasteiger partial charge in [0.2, 0.25) is 0 Å². The summed E-state index contributed by atoms with van der Waals surface area (Å²) in [5, 5.41) is 0. The highest BCUT2D eigenvalue weighted by Gasteiger charge is 2.39. The molecule has 0 bridgehead atoms. The van der Waals surface area contributed by atoms with Crippen LogP contribution in [0.1, 0.15) is 15.9 Å². The molecule has 0 radical (unpaired) electrons. The highest BCUT2D eigenvalue weighted by atomic mass is 19.4. The molecule has 3 nitrogen and oxygen atoms in total. The van der Waals surface area contributed by atoms with Crippen molar-refractivity contribution in [3.63, 3.8) is 0 Å². The van der Waals surface area contributed by atoms with Gasteiger partial charge in [-0.2, -0.15) is 26.3 Å². The Morgan fingerprint density at radius 3 is 1.91 bits per heavy atom. The quantitative estimate of drug-likeness (QED) is 0.621. The maximum atomic E-state index is 12.6. The number of carbonyl (C=O) groups excluding carboxylic acids is 1. The lowest BCUT2D eigenvalue weighted by Crippen LogP contribution is -2.23. The first-order chi connectivity index (χ1) is 10.5. The fourth-order valence-corrected chi connectivity index (χ4v) is 1.79. The highest BCUT2D eigenvalue weighted by Crippen LogP contribution is 2.28. The van der Waals surface area contributed by atoms with E-state index in [4.69, 9.17) is 0 Å². The third-order valence-electron chi connectivity index (χ3n) is 2.90. The summed E-state index contributed by atoms with van der Waals surface area (Å²) in [5.41, 5.74) is -2.67. The van der Waals surface area contributed by atoms with E-state index >= 15 is 0 Å². The van der Waals surface area contributed by atoms with E-state index in [0.29, 0.717) is 22.9 Å². The van der Waals surface area contributed by atoms with Gasteiger partial charge in [-0.3, -0.25) is 14.2 Å². The summed E-state index contributed by atoms with van der Waals surface area (Å²) in [4.78, 5) is 22.6. The lowest BCUT2D eigenvalue weighted by molar-refractivity contribution is -0.138. The zero-order chi connectivity index (χ0) is 17.4. The average Bonchev–Trinajstić information content (AvgIpc) is 2.45. The van der Waals surface area contributed by atoms with E-state index in [-0.39, 0.29) is 5.69 Å². The molecule has 0 amide bonds. The van der Waals surface area contributed by atoms with Crippen LogP contribution in [0, 0.1) is 0 Å². The van der Waals surface area contributed by atoms with Crippen molar-refractivity contribution in [2.45, 2.75) is 12.4 Å². The number of pyridine rings is 1. The first-order valence-corrected chi connectivity index (χ1v) is 6.02. The third-order valence-corrected chi connectivity index (χ3v) is 2.90. The van der Waals surface area contributed by atoms with Crippen LogP contribution in [0.3, 0.4) is 0 Å². The number of hydrogen-bond acceptors (Lipinski definition) is 2. The Morgan fingerprint density at radius 1 is 0.870 bits per heavy atom. The van der Waals surface area contributed by atoms with Crippen LogP contribution in [-0.4, -0.2) is 16.5 Å². The van der Waals surface area contributed by atoms with Crippen LogP contribution in [0.15, 0.2) is 47.4 Å². The minimum atomic E-state index is -5.06. The van der Waals surface area contributed by atoms with Gasteiger partial charge in [0.05, 0.1) is 5.56 Å². The van der Waals surface area contributed by atoms with Crippen molar-refractivity contribution < 1.29 is 31.1 Å². The van der Waals surface area contributed by atoms with E-state index in [1.807, 2.05) is 0 Å². The van der Waals surface area contributed by atoms with Crippen LogP contribution in [0.25, 0.3) is 5.69 Å². The Hall–Kier alpha value is -2.58. The number of alkyl halides is 6. The molecule has 9 heteroatoms. The number of halogens is 6. The molecular formula is C14H7F6NO2. The number of rotatable bonds is 2. The van der Waals surface area contributed by atoms with Crippen molar-refractivity contribution in [3.05, 3.63) is 64.1 Å². The minimum absolute atomic E-state index is 0.0974. The summed E-state index contributed by atoms with van der Waals surface area (Å²) in [7, 11) is 0. The van der Waals surface area contributed by atoms with Gasteiger partial charge in [0.1, 0.15) is 0 Å². The molecule has 1 aromatic heterocycles. The summed E-state index contributed by atoms with van der Waals surface area (Å²) in [6.07, 6.45) is -9.21. The van der Waals surface area contributed by atoms with Crippen LogP contribution >= 0.6 is 0 Å². The minimum Gasteiger partial charge on any atom is -0.284 e. The van der Waals surface area contributed by atoms with Gasteiger partial charge in [0.15, 0.2) is 0 Å². The summed E-state index contributed by atoms with van der Waals surface area (Å²) < 4.78 is 75.4. The molecule has 0 aliphatic heterocycles. The molecular weight excluding hydrogens is 328 g/mol. The first kappa shape index (κ1) is 16.8. The molecule has 2 rings (SSSR count). The standard InChI is InChI=1S/C14H7F6NO2/c15-13(16,17)9-3-6-11(22)21(7-9)10-4-1-8(2-5-10)12(23)14(18,19)20/h1-7H. The second-order valence-electron chi connectivity index (χ2n) is 4.50. The number of carbonyl (C=O) groups is 1. The monoisotopic (exact) mass is 335 g/mol. The Morgan fingerprint density at radius 2 is 1.43 bits per heavy atom. The summed E-state index contributed by atoms with van der Waals surface area (Å²) in [6.45, 7) is 0. The molecule has 122 valence electrons. The van der Waals surface area contributed by atoms with E-state index in [1.54, 1.807) is 0 Å². The van der Waals surface area contributed by atoms with Crippen LogP contribution < -0.4 is 5.56 Å². The van der Waals surface area contributed by atoms with Crippen molar-refractivity contribution in [1.29, 1.82) is 0 Å². The van der Waals surface area contributed by atoms with E-state index < -0.39 is 34.8 Å². The number of benzene rings is 1. The van der Waals surface area contributed by atoms with E-state index in [2.05, 4.69) is 0 Å². The van der Waals surface area contributed by atoms with Crippen molar-refractivity contribution >= 4 is 5.78 Å². The highest BCUT2D eigenvalue weighted by molar-refractivity contribution is 6.00. The van der Waals surface area contributed by atoms with Gasteiger partial charge in [0.25, 0.3) is 11.3 Å². The van der Waals surface area contributed by atoms with Gasteiger partial charge in [-0.15, -0.1) is 0 Å². The second-order valence-corrected chi connectivity index (χ2v) is 4.50. The van der Waals surface area contributed by atoms with Gasteiger partial charge >= 0.3 is 12.4 Å². The van der Waals surface area contributed by atoms with E-state index in [1.165, 1.54) is 0 Å². The van der Waals surface area contributed by atoms with Gasteiger partial charge in [0, 0.05) is 23.5 Å². The maximum absolute atomic E-state index is 12.6. The normalized spacial score (nSPS) is 12.3.